The van der Waals surface area contributed by atoms with Crippen molar-refractivity contribution in [3.8, 4) is 0 Å². The molecule has 3 N–H and O–H groups in total. The van der Waals surface area contributed by atoms with E-state index in [1.807, 2.05) is 30.3 Å². The SMILES string of the molecule is CC(C)(C)OC(=O)C1=Cc2ccccc2NC(C(=O)c2ccccc2)=C1CN. The highest BCUT2D eigenvalue weighted by molar-refractivity contribution is 6.14. The van der Waals surface area contributed by atoms with Gasteiger partial charge in [0.2, 0.25) is 5.78 Å². The van der Waals surface area contributed by atoms with E-state index in [1.54, 1.807) is 51.1 Å². The predicted octanol–water partition coefficient (Wildman–Crippen LogP) is 3.93. The van der Waals surface area contributed by atoms with Crippen LogP contribution in [0.2, 0.25) is 0 Å². The standard InChI is InChI=1S/C23H24N2O3/c1-23(2,3)28-22(27)17-13-16-11-7-8-12-19(16)25-20(18(17)14-24)21(26)15-9-5-4-6-10-15/h4-13,25H,14,24H2,1-3H3. The molecule has 0 atom stereocenters. The van der Waals surface area contributed by atoms with E-state index in [-0.39, 0.29) is 23.6 Å². The van der Waals surface area contributed by atoms with Gasteiger partial charge < -0.3 is 15.8 Å². The van der Waals surface area contributed by atoms with Gasteiger partial charge in [-0.05, 0) is 38.5 Å². The number of allylic oxidation sites excluding steroid dienone is 1. The van der Waals surface area contributed by atoms with Crippen LogP contribution in [0.15, 0.2) is 71.4 Å². The van der Waals surface area contributed by atoms with E-state index in [4.69, 9.17) is 10.5 Å². The van der Waals surface area contributed by atoms with E-state index in [1.165, 1.54) is 0 Å². The number of fused-ring (bicyclic) bond motifs is 1. The highest BCUT2D eigenvalue weighted by atomic mass is 16.6. The molecule has 0 unspecified atom stereocenters. The summed E-state index contributed by atoms with van der Waals surface area (Å²) in [5, 5.41) is 3.20. The van der Waals surface area contributed by atoms with Gasteiger partial charge in [0.1, 0.15) is 5.60 Å². The topological polar surface area (TPSA) is 81.4 Å². The first-order valence-corrected chi connectivity index (χ1v) is 9.14. The second-order valence-corrected chi connectivity index (χ2v) is 7.52. The Bertz CT molecular complexity index is 967. The Morgan fingerprint density at radius 1 is 1.00 bits per heavy atom. The van der Waals surface area contributed by atoms with E-state index < -0.39 is 11.6 Å². The van der Waals surface area contributed by atoms with E-state index in [0.717, 1.165) is 11.3 Å². The minimum absolute atomic E-state index is 0.0139. The number of carbonyl (C=O) groups is 2. The van der Waals surface area contributed by atoms with Crippen molar-refractivity contribution in [3.63, 3.8) is 0 Å². The number of benzene rings is 2. The number of para-hydroxylation sites is 1. The number of anilines is 1. The van der Waals surface area contributed by atoms with Crippen LogP contribution in [0.3, 0.4) is 0 Å². The predicted molar refractivity (Wildman–Crippen MR) is 111 cm³/mol. The molecular weight excluding hydrogens is 352 g/mol. The number of esters is 1. The largest absolute Gasteiger partial charge is 0.456 e. The fourth-order valence-electron chi connectivity index (χ4n) is 2.98. The lowest BCUT2D eigenvalue weighted by atomic mass is 9.98. The van der Waals surface area contributed by atoms with Crippen molar-refractivity contribution in [1.82, 2.24) is 0 Å². The number of ketones is 1. The average molecular weight is 376 g/mol. The van der Waals surface area contributed by atoms with Crippen molar-refractivity contribution >= 4 is 23.5 Å². The zero-order valence-electron chi connectivity index (χ0n) is 16.3. The summed E-state index contributed by atoms with van der Waals surface area (Å²) in [6.07, 6.45) is 1.73. The molecule has 0 aromatic heterocycles. The smallest absolute Gasteiger partial charge is 0.339 e. The van der Waals surface area contributed by atoms with Crippen LogP contribution in [-0.4, -0.2) is 23.9 Å². The maximum atomic E-state index is 13.2. The molecule has 0 spiro atoms. The molecule has 2 aromatic carbocycles. The third-order valence-electron chi connectivity index (χ3n) is 4.23. The Labute approximate surface area is 164 Å². The summed E-state index contributed by atoms with van der Waals surface area (Å²) in [5.41, 5.74) is 8.37. The lowest BCUT2D eigenvalue weighted by Crippen LogP contribution is -2.28. The van der Waals surface area contributed by atoms with Gasteiger partial charge in [0.25, 0.3) is 0 Å². The molecule has 0 bridgehead atoms. The van der Waals surface area contributed by atoms with Crippen molar-refractivity contribution in [2.24, 2.45) is 5.73 Å². The highest BCUT2D eigenvalue weighted by Crippen LogP contribution is 2.31. The van der Waals surface area contributed by atoms with E-state index >= 15 is 0 Å². The first kappa shape index (κ1) is 19.6. The molecule has 1 aliphatic heterocycles. The third kappa shape index (κ3) is 4.21. The summed E-state index contributed by atoms with van der Waals surface area (Å²) in [4.78, 5) is 26.2. The molecule has 0 fully saturated rings. The number of nitrogens with one attached hydrogen (secondary N) is 1. The van der Waals surface area contributed by atoms with Crippen LogP contribution in [0.25, 0.3) is 6.08 Å². The van der Waals surface area contributed by atoms with E-state index in [2.05, 4.69) is 5.32 Å². The molecule has 5 nitrogen and oxygen atoms in total. The molecular formula is C23H24N2O3. The quantitative estimate of drug-likeness (QED) is 0.624. The van der Waals surface area contributed by atoms with Gasteiger partial charge in [0.05, 0.1) is 11.3 Å². The number of nitrogens with two attached hydrogens (primary N) is 1. The van der Waals surface area contributed by atoms with E-state index in [9.17, 15) is 9.59 Å². The van der Waals surface area contributed by atoms with Gasteiger partial charge in [-0.1, -0.05) is 48.5 Å². The number of rotatable bonds is 4. The number of Topliss-reactive ketones (excluding diaryl/α,β-unsaturated/α-hetero) is 1. The molecule has 0 saturated carbocycles. The lowest BCUT2D eigenvalue weighted by molar-refractivity contribution is -0.149. The van der Waals surface area contributed by atoms with Crippen LogP contribution in [0, 0.1) is 0 Å². The van der Waals surface area contributed by atoms with Gasteiger partial charge in [-0.15, -0.1) is 0 Å². The summed E-state index contributed by atoms with van der Waals surface area (Å²) < 4.78 is 5.58. The molecule has 0 aliphatic carbocycles. The van der Waals surface area contributed by atoms with Gasteiger partial charge in [-0.25, -0.2) is 4.79 Å². The zero-order valence-corrected chi connectivity index (χ0v) is 16.3. The molecule has 0 saturated heterocycles. The van der Waals surface area contributed by atoms with Crippen molar-refractivity contribution in [2.45, 2.75) is 26.4 Å². The number of ether oxygens (including phenoxy) is 1. The highest BCUT2D eigenvalue weighted by Gasteiger charge is 2.29. The fourth-order valence-corrected chi connectivity index (χ4v) is 2.98. The van der Waals surface area contributed by atoms with Crippen LogP contribution in [-0.2, 0) is 9.53 Å². The molecule has 0 amide bonds. The summed E-state index contributed by atoms with van der Waals surface area (Å²) >= 11 is 0. The minimum atomic E-state index is -0.666. The number of hydrogen-bond donors (Lipinski definition) is 2. The maximum Gasteiger partial charge on any atom is 0.339 e. The van der Waals surface area contributed by atoms with Gasteiger partial charge in [-0.2, -0.15) is 0 Å². The Morgan fingerprint density at radius 3 is 2.29 bits per heavy atom. The molecule has 1 aliphatic rings. The third-order valence-corrected chi connectivity index (χ3v) is 4.23. The molecule has 28 heavy (non-hydrogen) atoms. The van der Waals surface area contributed by atoms with Crippen LogP contribution in [0.5, 0.6) is 0 Å². The van der Waals surface area contributed by atoms with Crippen molar-refractivity contribution in [3.05, 3.63) is 82.6 Å². The zero-order chi connectivity index (χ0) is 20.3. The summed E-state index contributed by atoms with van der Waals surface area (Å²) in [5.74, 6) is -0.739. The van der Waals surface area contributed by atoms with Crippen LogP contribution < -0.4 is 11.1 Å². The molecule has 0 radical (unpaired) electrons. The second-order valence-electron chi connectivity index (χ2n) is 7.52. The number of carbonyl (C=O) groups excluding carboxylic acids is 2. The number of hydrogen-bond acceptors (Lipinski definition) is 5. The Hall–Kier alpha value is -3.18. The Balaban J connectivity index is 2.17. The van der Waals surface area contributed by atoms with Crippen LogP contribution >= 0.6 is 0 Å². The van der Waals surface area contributed by atoms with Crippen molar-refractivity contribution < 1.29 is 14.3 Å². The first-order valence-electron chi connectivity index (χ1n) is 9.14. The minimum Gasteiger partial charge on any atom is -0.456 e. The maximum absolute atomic E-state index is 13.2. The molecule has 144 valence electrons. The summed E-state index contributed by atoms with van der Waals surface area (Å²) in [7, 11) is 0. The summed E-state index contributed by atoms with van der Waals surface area (Å²) in [6, 6.07) is 16.4. The normalized spacial score (nSPS) is 13.8. The monoisotopic (exact) mass is 376 g/mol. The molecule has 1 heterocycles. The second kappa shape index (κ2) is 7.82. The fraction of sp³-hybridized carbons (Fsp3) is 0.217. The first-order chi connectivity index (χ1) is 13.3. The van der Waals surface area contributed by atoms with Gasteiger partial charge in [0.15, 0.2) is 0 Å². The molecule has 3 rings (SSSR count). The van der Waals surface area contributed by atoms with Gasteiger partial charge in [0, 0.05) is 23.4 Å². The van der Waals surface area contributed by atoms with Crippen molar-refractivity contribution in [1.29, 1.82) is 0 Å². The van der Waals surface area contributed by atoms with Gasteiger partial charge in [-0.3, -0.25) is 4.79 Å². The van der Waals surface area contributed by atoms with Crippen LogP contribution in [0.1, 0.15) is 36.7 Å². The van der Waals surface area contributed by atoms with Gasteiger partial charge >= 0.3 is 5.97 Å². The Kier molecular flexibility index (Phi) is 5.47. The van der Waals surface area contributed by atoms with Crippen LogP contribution in [0.4, 0.5) is 5.69 Å². The van der Waals surface area contributed by atoms with Crippen molar-refractivity contribution in [2.75, 3.05) is 11.9 Å². The van der Waals surface area contributed by atoms with E-state index in [0.29, 0.717) is 11.1 Å². The average Bonchev–Trinajstić information content (AvgIpc) is 2.83. The Morgan fingerprint density at radius 2 is 1.64 bits per heavy atom. The summed E-state index contributed by atoms with van der Waals surface area (Å²) in [6.45, 7) is 5.42. The molecule has 2 aromatic rings. The lowest BCUT2D eigenvalue weighted by Gasteiger charge is -2.22. The molecule has 5 heteroatoms.